The molecular formula is C33H24Br2N4O4. The number of aryl methyl sites for hydroxylation is 1. The third-order valence-electron chi connectivity index (χ3n) is 6.30. The second kappa shape index (κ2) is 12.6. The van der Waals surface area contributed by atoms with Gasteiger partial charge in [0.2, 0.25) is 0 Å². The maximum atomic E-state index is 9.58. The third-order valence-corrected chi connectivity index (χ3v) is 7.12. The molecule has 8 nitrogen and oxygen atoms in total. The molecule has 0 aliphatic carbocycles. The monoisotopic (exact) mass is 699 g/mol. The van der Waals surface area contributed by atoms with E-state index in [1.54, 1.807) is 30.9 Å². The van der Waals surface area contributed by atoms with Gasteiger partial charge < -0.3 is 18.7 Å². The average molecular weight is 701 g/mol. The molecule has 10 heteroatoms. The van der Waals surface area contributed by atoms with Crippen molar-refractivity contribution in [1.82, 2.24) is 19.9 Å². The van der Waals surface area contributed by atoms with Gasteiger partial charge in [0.25, 0.3) is 0 Å². The van der Waals surface area contributed by atoms with Crippen molar-refractivity contribution in [2.75, 3.05) is 0 Å². The number of aromatic hydroxyl groups is 1. The summed E-state index contributed by atoms with van der Waals surface area (Å²) < 4.78 is 18.9. The predicted molar refractivity (Wildman–Crippen MR) is 175 cm³/mol. The summed E-state index contributed by atoms with van der Waals surface area (Å²) in [6.07, 6.45) is 6.73. The van der Waals surface area contributed by atoms with Crippen molar-refractivity contribution in [3.05, 3.63) is 124 Å². The van der Waals surface area contributed by atoms with Crippen LogP contribution >= 0.6 is 31.9 Å². The van der Waals surface area contributed by atoms with Crippen molar-refractivity contribution >= 4 is 75.7 Å². The fourth-order valence-electron chi connectivity index (χ4n) is 4.36. The van der Waals surface area contributed by atoms with Gasteiger partial charge in [0, 0.05) is 47.8 Å². The van der Waals surface area contributed by atoms with Crippen LogP contribution < -0.4 is 4.74 Å². The highest BCUT2D eigenvalue weighted by molar-refractivity contribution is 9.10. The number of nitrogens with zero attached hydrogens (tertiary/aromatic N) is 4. The number of phenolic OH excluding ortho intramolecular Hbond substituents is 1. The molecule has 0 amide bonds. The highest BCUT2D eigenvalue weighted by atomic mass is 79.9. The highest BCUT2D eigenvalue weighted by Gasteiger charge is 2.12. The lowest BCUT2D eigenvalue weighted by Gasteiger charge is -2.03. The van der Waals surface area contributed by atoms with E-state index < -0.39 is 0 Å². The van der Waals surface area contributed by atoms with Crippen molar-refractivity contribution in [1.29, 1.82) is 0 Å². The SMILES string of the molecule is Brc1cnc(Oc2cccc3c2oc2ccccc23)nc1.Cc1ncc(Br)cn1.Oc1cccc2c1oc1ccccc12.[2HH]. The summed E-state index contributed by atoms with van der Waals surface area (Å²) in [4.78, 5) is 16.1. The van der Waals surface area contributed by atoms with E-state index in [1.807, 2.05) is 85.8 Å². The van der Waals surface area contributed by atoms with Crippen molar-refractivity contribution in [3.8, 4) is 17.5 Å². The Labute approximate surface area is 263 Å². The summed E-state index contributed by atoms with van der Waals surface area (Å²) in [5.41, 5.74) is 2.91. The quantitative estimate of drug-likeness (QED) is 0.190. The number of fused-ring (bicyclic) bond motifs is 6. The predicted octanol–water partition coefficient (Wildman–Crippen LogP) is 10.0. The first-order valence-electron chi connectivity index (χ1n) is 13.1. The summed E-state index contributed by atoms with van der Waals surface area (Å²) in [5.74, 6) is 1.60. The molecule has 214 valence electrons. The minimum absolute atomic E-state index is 0. The van der Waals surface area contributed by atoms with E-state index in [-0.39, 0.29) is 13.2 Å². The fraction of sp³-hybridized carbons (Fsp3) is 0.0303. The minimum atomic E-state index is 0. The van der Waals surface area contributed by atoms with Crippen LogP contribution in [0.25, 0.3) is 43.9 Å². The fourth-order valence-corrected chi connectivity index (χ4v) is 4.77. The van der Waals surface area contributed by atoms with E-state index in [0.29, 0.717) is 16.9 Å². The first-order chi connectivity index (χ1) is 21.0. The van der Waals surface area contributed by atoms with Gasteiger partial charge in [0.05, 0.1) is 8.95 Å². The normalized spacial score (nSPS) is 10.8. The van der Waals surface area contributed by atoms with Crippen LogP contribution in [0.2, 0.25) is 0 Å². The summed E-state index contributed by atoms with van der Waals surface area (Å²) in [7, 11) is 0. The topological polar surface area (TPSA) is 107 Å². The lowest BCUT2D eigenvalue weighted by atomic mass is 10.1. The second-order valence-electron chi connectivity index (χ2n) is 9.22. The Kier molecular flexibility index (Phi) is 8.30. The number of halogens is 2. The van der Waals surface area contributed by atoms with Gasteiger partial charge in [-0.25, -0.2) is 19.9 Å². The summed E-state index contributed by atoms with van der Waals surface area (Å²) in [6, 6.07) is 27.1. The van der Waals surface area contributed by atoms with E-state index in [1.165, 1.54) is 0 Å². The summed E-state index contributed by atoms with van der Waals surface area (Å²) >= 11 is 6.52. The smallest absolute Gasteiger partial charge is 0.322 e. The van der Waals surface area contributed by atoms with Crippen LogP contribution in [0.1, 0.15) is 7.25 Å². The van der Waals surface area contributed by atoms with Gasteiger partial charge in [-0.05, 0) is 63.0 Å². The van der Waals surface area contributed by atoms with Crippen molar-refractivity contribution in [3.63, 3.8) is 0 Å². The summed E-state index contributed by atoms with van der Waals surface area (Å²) in [6.45, 7) is 1.85. The van der Waals surface area contributed by atoms with E-state index in [4.69, 9.17) is 13.6 Å². The van der Waals surface area contributed by atoms with E-state index in [9.17, 15) is 5.11 Å². The number of hydrogen-bond acceptors (Lipinski definition) is 8. The third kappa shape index (κ3) is 6.35. The van der Waals surface area contributed by atoms with Crippen LogP contribution in [0.4, 0.5) is 0 Å². The van der Waals surface area contributed by atoms with Gasteiger partial charge in [-0.15, -0.1) is 0 Å². The van der Waals surface area contributed by atoms with E-state index in [2.05, 4.69) is 51.8 Å². The molecule has 43 heavy (non-hydrogen) atoms. The molecule has 0 radical (unpaired) electrons. The molecule has 8 aromatic rings. The van der Waals surface area contributed by atoms with E-state index in [0.717, 1.165) is 47.5 Å². The molecule has 0 aliphatic heterocycles. The van der Waals surface area contributed by atoms with Crippen LogP contribution in [0.5, 0.6) is 17.5 Å². The zero-order valence-corrected chi connectivity index (χ0v) is 25.8. The molecule has 0 spiro atoms. The lowest BCUT2D eigenvalue weighted by Crippen LogP contribution is -1.90. The molecule has 0 saturated heterocycles. The molecule has 4 aromatic heterocycles. The number of aromatic nitrogens is 4. The molecule has 0 atom stereocenters. The van der Waals surface area contributed by atoms with Crippen LogP contribution in [0.3, 0.4) is 0 Å². The van der Waals surface area contributed by atoms with Gasteiger partial charge >= 0.3 is 6.01 Å². The Hall–Kier alpha value is -4.80. The van der Waals surface area contributed by atoms with Gasteiger partial charge in [-0.3, -0.25) is 0 Å². The number of ether oxygens (including phenoxy) is 1. The van der Waals surface area contributed by atoms with Gasteiger partial charge in [0.15, 0.2) is 22.7 Å². The molecule has 0 saturated carbocycles. The molecule has 0 unspecified atom stereocenters. The van der Waals surface area contributed by atoms with E-state index >= 15 is 0 Å². The lowest BCUT2D eigenvalue weighted by molar-refractivity contribution is 0.437. The highest BCUT2D eigenvalue weighted by Crippen LogP contribution is 2.36. The molecule has 0 fully saturated rings. The largest absolute Gasteiger partial charge is 0.504 e. The summed E-state index contributed by atoms with van der Waals surface area (Å²) in [5, 5.41) is 13.7. The van der Waals surface area contributed by atoms with Crippen LogP contribution in [-0.2, 0) is 0 Å². The Balaban J connectivity index is 0.000000144. The molecule has 4 aromatic carbocycles. The molecule has 1 N–H and O–H groups in total. The number of phenols is 1. The number of rotatable bonds is 2. The Morgan fingerprint density at radius 3 is 1.70 bits per heavy atom. The zero-order chi connectivity index (χ0) is 29.8. The van der Waals surface area contributed by atoms with Gasteiger partial charge in [0.1, 0.15) is 17.0 Å². The maximum absolute atomic E-state index is 9.58. The molecule has 8 rings (SSSR count). The number of hydrogen-bond donors (Lipinski definition) is 1. The second-order valence-corrected chi connectivity index (χ2v) is 11.0. The molecular weight excluding hydrogens is 676 g/mol. The number of furan rings is 2. The minimum Gasteiger partial charge on any atom is -0.504 e. The van der Waals surface area contributed by atoms with Crippen LogP contribution in [0, 0.1) is 6.92 Å². The van der Waals surface area contributed by atoms with Crippen LogP contribution in [-0.4, -0.2) is 25.0 Å². The zero-order valence-electron chi connectivity index (χ0n) is 22.6. The Morgan fingerprint density at radius 2 is 1.09 bits per heavy atom. The van der Waals surface area contributed by atoms with Crippen LogP contribution in [0.15, 0.2) is 127 Å². The Bertz CT molecular complexity index is 2150. The molecule has 4 heterocycles. The van der Waals surface area contributed by atoms with Gasteiger partial charge in [-0.1, -0.05) is 60.7 Å². The first kappa shape index (κ1) is 28.3. The van der Waals surface area contributed by atoms with Crippen molar-refractivity contribution in [2.45, 2.75) is 6.92 Å². The number of para-hydroxylation sites is 4. The van der Waals surface area contributed by atoms with Crippen molar-refractivity contribution in [2.24, 2.45) is 0 Å². The van der Waals surface area contributed by atoms with Gasteiger partial charge in [-0.2, -0.15) is 0 Å². The van der Waals surface area contributed by atoms with Crippen molar-refractivity contribution < 1.29 is 20.1 Å². The molecule has 0 bridgehead atoms. The molecule has 0 aliphatic rings. The number of benzene rings is 4. The first-order valence-corrected chi connectivity index (χ1v) is 14.6. The maximum Gasteiger partial charge on any atom is 0.322 e. The average Bonchev–Trinajstić information content (AvgIpc) is 3.61. The Morgan fingerprint density at radius 1 is 0.605 bits per heavy atom. The standard InChI is InChI=1S/C16H9BrN2O2.C12H8O2.C5H5BrN2.H2/c17-10-8-18-16(19-9-10)21-14-7-3-5-12-11-4-1-2-6-13(11)20-15(12)14;13-10-6-3-5-9-8-4-1-2-7-11(8)14-12(9)10;1-4-7-2-5(6)3-8-4;/h1-9H;1-7,13H;2-3H,1H3;1H/i;;;1+1.